The van der Waals surface area contributed by atoms with Gasteiger partial charge in [0.05, 0.1) is 25.6 Å². The molecule has 0 spiro atoms. The van der Waals surface area contributed by atoms with E-state index < -0.39 is 5.97 Å². The molecule has 0 unspecified atom stereocenters. The number of nitrogens with two attached hydrogens (primary N) is 1. The average molecular weight is 355 g/mol. The lowest BCUT2D eigenvalue weighted by Crippen LogP contribution is -2.12. The van der Waals surface area contributed by atoms with E-state index in [0.717, 1.165) is 9.35 Å². The maximum Gasteiger partial charge on any atom is 0.335 e. The second-order valence-corrected chi connectivity index (χ2v) is 6.50. The van der Waals surface area contributed by atoms with E-state index in [4.69, 9.17) is 10.8 Å². The molecule has 0 aliphatic rings. The maximum absolute atomic E-state index is 12.1. The monoisotopic (exact) mass is 354 g/mol. The van der Waals surface area contributed by atoms with E-state index in [0.29, 0.717) is 10.6 Å². The Bertz CT molecular complexity index is 677. The number of carbonyl (C=O) groups is 2. The van der Waals surface area contributed by atoms with Crippen molar-refractivity contribution in [1.82, 2.24) is 0 Å². The zero-order valence-corrected chi connectivity index (χ0v) is 12.8. The molecule has 2 aromatic rings. The van der Waals surface area contributed by atoms with Gasteiger partial charge in [-0.3, -0.25) is 4.79 Å². The number of carboxylic acids is 1. The standard InChI is InChI=1S/C13H11BrN2O3S/c1-6-4-10(20-11(6)14)12(17)16-9-3-2-7(13(18)19)5-8(9)15/h2-5H,15H2,1H3,(H,16,17)(H,18,19). The van der Waals surface area contributed by atoms with Crippen LogP contribution in [0.2, 0.25) is 0 Å². The normalized spacial score (nSPS) is 10.3. The first-order valence-electron chi connectivity index (χ1n) is 5.58. The van der Waals surface area contributed by atoms with Gasteiger partial charge >= 0.3 is 5.97 Å². The minimum absolute atomic E-state index is 0.0789. The van der Waals surface area contributed by atoms with Gasteiger partial charge in [0.25, 0.3) is 5.91 Å². The fourth-order valence-electron chi connectivity index (χ4n) is 1.57. The van der Waals surface area contributed by atoms with Crippen LogP contribution in [0.4, 0.5) is 11.4 Å². The van der Waals surface area contributed by atoms with Gasteiger partial charge in [-0.05, 0) is 52.7 Å². The second kappa shape index (κ2) is 5.64. The van der Waals surface area contributed by atoms with E-state index in [1.165, 1.54) is 29.5 Å². The summed E-state index contributed by atoms with van der Waals surface area (Å²) in [6.45, 7) is 1.90. The van der Waals surface area contributed by atoms with Crippen LogP contribution in [-0.4, -0.2) is 17.0 Å². The third-order valence-corrected chi connectivity index (χ3v) is 4.76. The number of amides is 1. The molecule has 1 heterocycles. The van der Waals surface area contributed by atoms with Crippen LogP contribution in [0.5, 0.6) is 0 Å². The summed E-state index contributed by atoms with van der Waals surface area (Å²) in [5.41, 5.74) is 7.40. The van der Waals surface area contributed by atoms with Crippen molar-refractivity contribution in [3.63, 3.8) is 0 Å². The minimum atomic E-state index is -1.06. The number of anilines is 2. The van der Waals surface area contributed by atoms with Crippen LogP contribution >= 0.6 is 27.3 Å². The smallest absolute Gasteiger partial charge is 0.335 e. The molecule has 20 heavy (non-hydrogen) atoms. The molecular weight excluding hydrogens is 344 g/mol. The maximum atomic E-state index is 12.1. The summed E-state index contributed by atoms with van der Waals surface area (Å²) in [5.74, 6) is -1.34. The first kappa shape index (κ1) is 14.5. The SMILES string of the molecule is Cc1cc(C(=O)Nc2ccc(C(=O)O)cc2N)sc1Br. The number of nitrogens with one attached hydrogen (secondary N) is 1. The van der Waals surface area contributed by atoms with Crippen molar-refractivity contribution >= 4 is 50.5 Å². The lowest BCUT2D eigenvalue weighted by Gasteiger charge is -2.07. The Morgan fingerprint density at radius 1 is 1.35 bits per heavy atom. The molecule has 0 atom stereocenters. The molecular formula is C13H11BrN2O3S. The number of rotatable bonds is 3. The minimum Gasteiger partial charge on any atom is -0.478 e. The second-order valence-electron chi connectivity index (χ2n) is 4.13. The Kier molecular flexibility index (Phi) is 4.10. The summed E-state index contributed by atoms with van der Waals surface area (Å²) in [4.78, 5) is 23.4. The van der Waals surface area contributed by atoms with Gasteiger partial charge in [-0.25, -0.2) is 4.79 Å². The van der Waals surface area contributed by atoms with Crippen molar-refractivity contribution in [2.24, 2.45) is 0 Å². The van der Waals surface area contributed by atoms with Crippen LogP contribution in [0.1, 0.15) is 25.6 Å². The summed E-state index contributed by atoms with van der Waals surface area (Å²) >= 11 is 4.68. The fourth-order valence-corrected chi connectivity index (χ4v) is 3.00. The van der Waals surface area contributed by atoms with E-state index in [1.54, 1.807) is 6.07 Å². The van der Waals surface area contributed by atoms with Gasteiger partial charge in [0, 0.05) is 0 Å². The van der Waals surface area contributed by atoms with Crippen molar-refractivity contribution in [2.75, 3.05) is 11.1 Å². The van der Waals surface area contributed by atoms with Gasteiger partial charge in [-0.2, -0.15) is 0 Å². The Hall–Kier alpha value is -1.86. The number of carboxylic acid groups (broad SMARTS) is 1. The van der Waals surface area contributed by atoms with E-state index in [9.17, 15) is 9.59 Å². The Balaban J connectivity index is 2.21. The number of hydrogen-bond donors (Lipinski definition) is 3. The number of nitrogen functional groups attached to an aromatic ring is 1. The number of carbonyl (C=O) groups excluding carboxylic acids is 1. The molecule has 104 valence electrons. The molecule has 0 aliphatic carbocycles. The number of aryl methyl sites for hydroxylation is 1. The molecule has 0 saturated carbocycles. The first-order valence-corrected chi connectivity index (χ1v) is 7.19. The topological polar surface area (TPSA) is 92.4 Å². The molecule has 1 aromatic heterocycles. The van der Waals surface area contributed by atoms with Crippen LogP contribution in [0.15, 0.2) is 28.1 Å². The summed E-state index contributed by atoms with van der Waals surface area (Å²) < 4.78 is 0.900. The summed E-state index contributed by atoms with van der Waals surface area (Å²) in [7, 11) is 0. The van der Waals surface area contributed by atoms with Gasteiger partial charge in [-0.15, -0.1) is 11.3 Å². The molecule has 7 heteroatoms. The molecule has 0 bridgehead atoms. The first-order chi connectivity index (χ1) is 9.38. The zero-order valence-electron chi connectivity index (χ0n) is 10.4. The molecule has 4 N–H and O–H groups in total. The molecule has 1 amide bonds. The lowest BCUT2D eigenvalue weighted by molar-refractivity contribution is 0.0697. The summed E-state index contributed by atoms with van der Waals surface area (Å²) in [6.07, 6.45) is 0. The van der Waals surface area contributed by atoms with Gasteiger partial charge in [0.1, 0.15) is 0 Å². The zero-order chi connectivity index (χ0) is 14.9. The van der Waals surface area contributed by atoms with Crippen LogP contribution < -0.4 is 11.1 Å². The Morgan fingerprint density at radius 3 is 2.55 bits per heavy atom. The fraction of sp³-hybridized carbons (Fsp3) is 0.0769. The third kappa shape index (κ3) is 3.00. The van der Waals surface area contributed by atoms with Crippen molar-refractivity contribution in [3.8, 4) is 0 Å². The van der Waals surface area contributed by atoms with E-state index in [-0.39, 0.29) is 17.2 Å². The number of aromatic carboxylic acids is 1. The average Bonchev–Trinajstić information content (AvgIpc) is 2.72. The third-order valence-electron chi connectivity index (χ3n) is 2.63. The highest BCUT2D eigenvalue weighted by atomic mass is 79.9. The molecule has 0 radical (unpaired) electrons. The Morgan fingerprint density at radius 2 is 2.05 bits per heavy atom. The van der Waals surface area contributed by atoms with Gasteiger partial charge < -0.3 is 16.2 Å². The van der Waals surface area contributed by atoms with Crippen LogP contribution in [0, 0.1) is 6.92 Å². The van der Waals surface area contributed by atoms with Gasteiger partial charge in [0.15, 0.2) is 0 Å². The van der Waals surface area contributed by atoms with E-state index in [1.807, 2.05) is 6.92 Å². The van der Waals surface area contributed by atoms with E-state index >= 15 is 0 Å². The van der Waals surface area contributed by atoms with Gasteiger partial charge in [0.2, 0.25) is 0 Å². The van der Waals surface area contributed by atoms with Crippen LogP contribution in [0.25, 0.3) is 0 Å². The van der Waals surface area contributed by atoms with Crippen molar-refractivity contribution in [3.05, 3.63) is 44.1 Å². The highest BCUT2D eigenvalue weighted by Crippen LogP contribution is 2.28. The van der Waals surface area contributed by atoms with Crippen LogP contribution in [0.3, 0.4) is 0 Å². The van der Waals surface area contributed by atoms with Crippen molar-refractivity contribution in [2.45, 2.75) is 6.92 Å². The lowest BCUT2D eigenvalue weighted by atomic mass is 10.1. The number of thiophene rings is 1. The number of benzene rings is 1. The van der Waals surface area contributed by atoms with E-state index in [2.05, 4.69) is 21.2 Å². The quantitative estimate of drug-likeness (QED) is 0.736. The highest BCUT2D eigenvalue weighted by molar-refractivity contribution is 9.11. The molecule has 0 fully saturated rings. The summed E-state index contributed by atoms with van der Waals surface area (Å²) in [5, 5.41) is 11.5. The predicted octanol–water partition coefficient (Wildman–Crippen LogP) is 3.35. The molecule has 2 rings (SSSR count). The highest BCUT2D eigenvalue weighted by Gasteiger charge is 2.13. The number of hydrogen-bond acceptors (Lipinski definition) is 4. The van der Waals surface area contributed by atoms with Gasteiger partial charge in [-0.1, -0.05) is 0 Å². The molecule has 5 nitrogen and oxygen atoms in total. The largest absolute Gasteiger partial charge is 0.478 e. The van der Waals surface area contributed by atoms with Crippen molar-refractivity contribution < 1.29 is 14.7 Å². The van der Waals surface area contributed by atoms with Crippen LogP contribution in [-0.2, 0) is 0 Å². The molecule has 1 aromatic carbocycles. The Labute approximate surface area is 127 Å². The van der Waals surface area contributed by atoms with Crippen molar-refractivity contribution in [1.29, 1.82) is 0 Å². The molecule has 0 saturated heterocycles. The number of halogens is 1. The molecule has 0 aliphatic heterocycles. The summed E-state index contributed by atoms with van der Waals surface area (Å²) in [6, 6.07) is 5.95. The predicted molar refractivity (Wildman–Crippen MR) is 82.5 cm³/mol.